The summed E-state index contributed by atoms with van der Waals surface area (Å²) in [5.74, 6) is -0.161. The van der Waals surface area contributed by atoms with Crippen LogP contribution in [0.1, 0.15) is 18.4 Å². The maximum atomic E-state index is 11.5. The van der Waals surface area contributed by atoms with E-state index in [0.717, 1.165) is 12.8 Å². The Morgan fingerprint density at radius 1 is 1.41 bits per heavy atom. The first kappa shape index (κ1) is 15.2. The quantitative estimate of drug-likeness (QED) is 0.860. The van der Waals surface area contributed by atoms with E-state index in [1.165, 1.54) is 11.1 Å². The number of carbonyl (C=O) groups excluding carboxylic acids is 1. The van der Waals surface area contributed by atoms with Crippen LogP contribution in [0.3, 0.4) is 0 Å². The molecule has 0 radical (unpaired) electrons. The molecule has 1 amide bonds. The molecule has 3 nitrogen and oxygen atoms in total. The Labute approximate surface area is 139 Å². The molecular weight excluding hydrogens is 316 g/mol. The number of allylic oxidation sites excluding steroid dienone is 3. The smallest absolute Gasteiger partial charge is 0.239 e. The predicted molar refractivity (Wildman–Crippen MR) is 90.0 cm³/mol. The molecule has 1 aromatic carbocycles. The standard InChI is InChI=1S/C17H15ClN2OS/c18-9-16(21)20-17-14(10-19)13-7-6-12(8-15(13)22-17)11-4-2-1-3-5-11/h1-6,13,15H,7-9H2,(H,20,21). The molecule has 0 aromatic heterocycles. The molecule has 1 heterocycles. The SMILES string of the molecule is N#CC1=C(NC(=O)CCl)SC2CC(c3ccccc3)=CCC12. The van der Waals surface area contributed by atoms with Crippen LogP contribution in [0.4, 0.5) is 0 Å². The number of rotatable bonds is 3. The molecule has 0 fully saturated rings. The summed E-state index contributed by atoms with van der Waals surface area (Å²) < 4.78 is 0. The van der Waals surface area contributed by atoms with Crippen molar-refractivity contribution in [2.24, 2.45) is 5.92 Å². The van der Waals surface area contributed by atoms with Crippen molar-refractivity contribution < 1.29 is 4.79 Å². The minimum absolute atomic E-state index is 0.0916. The maximum Gasteiger partial charge on any atom is 0.239 e. The fourth-order valence-corrected chi connectivity index (χ4v) is 4.49. The third-order valence-electron chi connectivity index (χ3n) is 4.01. The van der Waals surface area contributed by atoms with Gasteiger partial charge in [0.25, 0.3) is 0 Å². The lowest BCUT2D eigenvalue weighted by atomic mass is 9.83. The van der Waals surface area contributed by atoms with Gasteiger partial charge >= 0.3 is 0 Å². The van der Waals surface area contributed by atoms with Crippen LogP contribution >= 0.6 is 23.4 Å². The highest BCUT2D eigenvalue weighted by Gasteiger charge is 2.38. The number of hydrogen-bond donors (Lipinski definition) is 1. The van der Waals surface area contributed by atoms with Gasteiger partial charge in [0, 0.05) is 11.2 Å². The maximum absolute atomic E-state index is 11.5. The number of nitriles is 1. The number of thioether (sulfide) groups is 1. The van der Waals surface area contributed by atoms with Crippen LogP contribution in [-0.4, -0.2) is 17.0 Å². The number of benzene rings is 1. The van der Waals surface area contributed by atoms with Gasteiger partial charge in [-0.1, -0.05) is 36.4 Å². The minimum Gasteiger partial charge on any atom is -0.319 e. The Kier molecular flexibility index (Phi) is 4.56. The van der Waals surface area contributed by atoms with Crippen LogP contribution in [0.15, 0.2) is 47.0 Å². The molecule has 1 N–H and O–H groups in total. The molecule has 1 aliphatic heterocycles. The van der Waals surface area contributed by atoms with Crippen LogP contribution in [0.25, 0.3) is 5.57 Å². The van der Waals surface area contributed by atoms with Gasteiger partial charge in [-0.05, 0) is 24.0 Å². The lowest BCUT2D eigenvalue weighted by Gasteiger charge is -2.25. The number of hydrogen-bond acceptors (Lipinski definition) is 3. The van der Waals surface area contributed by atoms with Crippen molar-refractivity contribution in [3.05, 3.63) is 52.6 Å². The Hall–Kier alpha value is -1.70. The van der Waals surface area contributed by atoms with E-state index in [0.29, 0.717) is 15.9 Å². The fourth-order valence-electron chi connectivity index (χ4n) is 2.95. The fraction of sp³-hybridized carbons (Fsp3) is 0.294. The molecule has 0 saturated heterocycles. The minimum atomic E-state index is -0.258. The second kappa shape index (κ2) is 6.60. The van der Waals surface area contributed by atoms with E-state index >= 15 is 0 Å². The van der Waals surface area contributed by atoms with Crippen LogP contribution in [0, 0.1) is 17.2 Å². The van der Waals surface area contributed by atoms with Crippen molar-refractivity contribution in [2.75, 3.05) is 5.88 Å². The number of halogens is 1. The summed E-state index contributed by atoms with van der Waals surface area (Å²) in [7, 11) is 0. The predicted octanol–water partition coefficient (Wildman–Crippen LogP) is 3.69. The zero-order valence-electron chi connectivity index (χ0n) is 11.9. The third-order valence-corrected chi connectivity index (χ3v) is 5.61. The van der Waals surface area contributed by atoms with Gasteiger partial charge in [-0.2, -0.15) is 5.26 Å². The van der Waals surface area contributed by atoms with Gasteiger partial charge in [-0.15, -0.1) is 23.4 Å². The number of nitrogens with one attached hydrogen (secondary N) is 1. The highest BCUT2D eigenvalue weighted by Crippen LogP contribution is 2.49. The molecule has 112 valence electrons. The molecule has 3 rings (SSSR count). The van der Waals surface area contributed by atoms with E-state index in [2.05, 4.69) is 29.6 Å². The molecule has 0 spiro atoms. The zero-order valence-corrected chi connectivity index (χ0v) is 13.5. The molecule has 0 bridgehead atoms. The molecule has 2 unspecified atom stereocenters. The molecule has 1 aromatic rings. The molecular formula is C17H15ClN2OS. The van der Waals surface area contributed by atoms with Crippen LogP contribution < -0.4 is 5.32 Å². The summed E-state index contributed by atoms with van der Waals surface area (Å²) in [4.78, 5) is 11.5. The summed E-state index contributed by atoms with van der Waals surface area (Å²) >= 11 is 7.14. The Balaban J connectivity index is 1.79. The van der Waals surface area contributed by atoms with E-state index in [1.54, 1.807) is 11.8 Å². The van der Waals surface area contributed by atoms with E-state index in [-0.39, 0.29) is 17.7 Å². The third kappa shape index (κ3) is 2.92. The van der Waals surface area contributed by atoms with Gasteiger partial charge in [0.2, 0.25) is 5.91 Å². The first-order valence-electron chi connectivity index (χ1n) is 7.14. The molecule has 1 aliphatic carbocycles. The van der Waals surface area contributed by atoms with Gasteiger partial charge in [0.15, 0.2) is 0 Å². The zero-order chi connectivity index (χ0) is 15.5. The second-order valence-electron chi connectivity index (χ2n) is 5.33. The monoisotopic (exact) mass is 330 g/mol. The van der Waals surface area contributed by atoms with Gasteiger partial charge in [-0.25, -0.2) is 0 Å². The van der Waals surface area contributed by atoms with Crippen molar-refractivity contribution >= 4 is 34.8 Å². The topological polar surface area (TPSA) is 52.9 Å². The summed E-state index contributed by atoms with van der Waals surface area (Å²) in [6.45, 7) is 0. The van der Waals surface area contributed by atoms with Crippen LogP contribution in [0.2, 0.25) is 0 Å². The van der Waals surface area contributed by atoms with E-state index in [9.17, 15) is 10.1 Å². The first-order valence-corrected chi connectivity index (χ1v) is 8.55. The van der Waals surface area contributed by atoms with Crippen molar-refractivity contribution in [3.63, 3.8) is 0 Å². The van der Waals surface area contributed by atoms with Crippen molar-refractivity contribution in [2.45, 2.75) is 18.1 Å². The second-order valence-corrected chi connectivity index (χ2v) is 6.85. The lowest BCUT2D eigenvalue weighted by molar-refractivity contribution is -0.117. The Morgan fingerprint density at radius 2 is 2.18 bits per heavy atom. The number of fused-ring (bicyclic) bond motifs is 1. The average molecular weight is 331 g/mol. The molecule has 2 atom stereocenters. The van der Waals surface area contributed by atoms with Gasteiger partial charge < -0.3 is 5.32 Å². The highest BCUT2D eigenvalue weighted by atomic mass is 35.5. The summed E-state index contributed by atoms with van der Waals surface area (Å²) in [6.07, 6.45) is 3.97. The molecule has 5 heteroatoms. The largest absolute Gasteiger partial charge is 0.319 e. The van der Waals surface area contributed by atoms with Gasteiger partial charge in [-0.3, -0.25) is 4.79 Å². The van der Waals surface area contributed by atoms with Crippen molar-refractivity contribution in [3.8, 4) is 6.07 Å². The average Bonchev–Trinajstić information content (AvgIpc) is 2.91. The van der Waals surface area contributed by atoms with Gasteiger partial charge in [0.05, 0.1) is 16.7 Å². The Bertz CT molecular complexity index is 690. The summed E-state index contributed by atoms with van der Waals surface area (Å²) in [5.41, 5.74) is 3.24. The van der Waals surface area contributed by atoms with E-state index in [1.807, 2.05) is 18.2 Å². The number of amides is 1. The van der Waals surface area contributed by atoms with E-state index < -0.39 is 0 Å². The van der Waals surface area contributed by atoms with Crippen molar-refractivity contribution in [1.82, 2.24) is 5.32 Å². The lowest BCUT2D eigenvalue weighted by Crippen LogP contribution is -2.22. The van der Waals surface area contributed by atoms with Crippen LogP contribution in [0.5, 0.6) is 0 Å². The molecule has 0 saturated carbocycles. The summed E-state index contributed by atoms with van der Waals surface area (Å²) in [5, 5.41) is 13.2. The molecule has 22 heavy (non-hydrogen) atoms. The van der Waals surface area contributed by atoms with E-state index in [4.69, 9.17) is 11.6 Å². The first-order chi connectivity index (χ1) is 10.7. The molecule has 2 aliphatic rings. The number of alkyl halides is 1. The highest BCUT2D eigenvalue weighted by molar-refractivity contribution is 8.04. The Morgan fingerprint density at radius 3 is 2.86 bits per heavy atom. The summed E-state index contributed by atoms with van der Waals surface area (Å²) in [6, 6.07) is 12.6. The number of carbonyl (C=O) groups is 1. The normalized spacial score (nSPS) is 23.5. The number of nitrogens with zero attached hydrogens (tertiary/aromatic N) is 1. The van der Waals surface area contributed by atoms with Crippen LogP contribution in [-0.2, 0) is 4.79 Å². The van der Waals surface area contributed by atoms with Crippen molar-refractivity contribution in [1.29, 1.82) is 5.26 Å². The van der Waals surface area contributed by atoms with Gasteiger partial charge in [0.1, 0.15) is 5.88 Å².